The van der Waals surface area contributed by atoms with Crippen LogP contribution in [0.1, 0.15) is 154 Å². The van der Waals surface area contributed by atoms with E-state index in [4.69, 9.17) is 17.8 Å². The summed E-state index contributed by atoms with van der Waals surface area (Å²) in [5, 5.41) is 2.53. The fourth-order valence-electron chi connectivity index (χ4n) is 13.2. The number of likely N-dealkylation sites (N-methyl/N-ethyl adjacent to an activating group) is 1. The van der Waals surface area contributed by atoms with Crippen LogP contribution in [0.15, 0.2) is 117 Å². The summed E-state index contributed by atoms with van der Waals surface area (Å²) < 4.78 is 81.4. The van der Waals surface area contributed by atoms with E-state index in [9.17, 15) is 36.0 Å². The Morgan fingerprint density at radius 3 is 1.59 bits per heavy atom. The first-order chi connectivity index (χ1) is 38.0. The Kier molecular flexibility index (Phi) is 15.4. The second-order valence-electron chi connectivity index (χ2n) is 26.5. The summed E-state index contributed by atoms with van der Waals surface area (Å²) in [6.07, 6.45) is 12.1. The van der Waals surface area contributed by atoms with Crippen molar-refractivity contribution in [2.75, 3.05) is 31.2 Å². The van der Waals surface area contributed by atoms with Crippen LogP contribution in [0.5, 0.6) is 0 Å². The number of ketones is 2. The quantitative estimate of drug-likeness (QED) is 0.0475. The Balaban J connectivity index is 1.03. The molecule has 4 atom stereocenters. The third-order valence-corrected chi connectivity index (χ3v) is 20.3. The minimum atomic E-state index is -4.48. The highest BCUT2D eigenvalue weighted by Gasteiger charge is 2.51. The number of carbonyl (C=O) groups is 4. The summed E-state index contributed by atoms with van der Waals surface area (Å²) in [5.41, 5.74) is 4.97. The maximum Gasteiger partial charge on any atom is 0.322 e. The molecule has 14 nitrogen and oxygen atoms in total. The molecule has 9 rings (SSSR count). The molecule has 0 saturated carbocycles. The van der Waals surface area contributed by atoms with E-state index in [-0.39, 0.29) is 9.79 Å². The molecule has 0 fully saturated rings. The number of rotatable bonds is 15. The minimum Gasteiger partial charge on any atom is -0.459 e. The number of nitrogens with zero attached hydrogens (tertiary/aromatic N) is 2. The number of ether oxygens (including phenoxy) is 2. The maximum absolute atomic E-state index is 14.2. The first kappa shape index (κ1) is 60.5. The van der Waals surface area contributed by atoms with Crippen molar-refractivity contribution < 1.29 is 58.4 Å². The molecule has 0 N–H and O–H groups in total. The molecule has 4 aromatic rings. The molecule has 0 amide bonds. The van der Waals surface area contributed by atoms with Crippen molar-refractivity contribution >= 4 is 82.4 Å². The average molecular weight is 1160 g/mol. The standard InChI is InChI=1S/C66H81N2O12S2/c1-17-67-51-31-29-47-49(21-19-23-53(47)81(73,74)77-37-65(15,39(3)69)59(71)79-61(5,6)7)55(51)63(11,12)57(67)43-27-25-41-33-42-26-28-44(35-46(42)36-45(41)34-43)58-64(13,14)56-50-22-20-24-54(48(50)30-32-52(56)68(58)18-2)82(75,76)78-38-66(16,40(4)70)60(72)80-62(8,9)10/h19-24,29-32,34-36,41-42H,17-18,25-28,33,37-38H2,1-16H3/q+1. The van der Waals surface area contributed by atoms with E-state index in [1.54, 1.807) is 53.7 Å². The summed E-state index contributed by atoms with van der Waals surface area (Å²) in [6, 6.07) is 18.0. The Hall–Kier alpha value is -6.07. The molecule has 0 saturated heterocycles. The van der Waals surface area contributed by atoms with Crippen molar-refractivity contribution in [3.05, 3.63) is 118 Å². The first-order valence-electron chi connectivity index (χ1n) is 28.7. The molecule has 438 valence electrons. The number of Topliss-reactive ketones (excluding diaryl/α,β-unsaturated/α-hetero) is 2. The van der Waals surface area contributed by atoms with Gasteiger partial charge < -0.3 is 14.4 Å². The molecule has 5 aliphatic rings. The fourth-order valence-corrected chi connectivity index (χ4v) is 15.6. The predicted molar refractivity (Wildman–Crippen MR) is 319 cm³/mol. The molecule has 4 aromatic carbocycles. The number of benzene rings is 4. The number of carbonyl (C=O) groups excluding carboxylic acids is 4. The van der Waals surface area contributed by atoms with Crippen molar-refractivity contribution in [2.24, 2.45) is 22.7 Å². The summed E-state index contributed by atoms with van der Waals surface area (Å²) in [7, 11) is -8.96. The topological polar surface area (TPSA) is 180 Å². The first-order valence-corrected chi connectivity index (χ1v) is 31.5. The number of esters is 2. The van der Waals surface area contributed by atoms with Gasteiger partial charge in [0.05, 0.1) is 18.6 Å². The number of hydrogen-bond acceptors (Lipinski definition) is 13. The molecule has 0 bridgehead atoms. The normalized spacial score (nSPS) is 22.0. The van der Waals surface area contributed by atoms with Gasteiger partial charge in [-0.25, -0.2) is 0 Å². The van der Waals surface area contributed by atoms with Gasteiger partial charge in [0.1, 0.15) is 49.9 Å². The van der Waals surface area contributed by atoms with E-state index in [2.05, 4.69) is 69.2 Å². The number of fused-ring (bicyclic) bond motifs is 8. The number of anilines is 1. The van der Waals surface area contributed by atoms with Gasteiger partial charge in [0.2, 0.25) is 5.69 Å². The van der Waals surface area contributed by atoms with Crippen LogP contribution in [0.3, 0.4) is 0 Å². The van der Waals surface area contributed by atoms with Crippen LogP contribution < -0.4 is 4.90 Å². The van der Waals surface area contributed by atoms with Crippen molar-refractivity contribution in [3.8, 4) is 0 Å². The van der Waals surface area contributed by atoms with Gasteiger partial charge in [-0.05, 0) is 204 Å². The van der Waals surface area contributed by atoms with E-state index in [0.29, 0.717) is 35.7 Å². The molecule has 16 heteroatoms. The molecule has 0 radical (unpaired) electrons. The summed E-state index contributed by atoms with van der Waals surface area (Å²) >= 11 is 0. The molecule has 0 aromatic heterocycles. The number of hydrogen-bond donors (Lipinski definition) is 0. The zero-order valence-corrected chi connectivity index (χ0v) is 52.3. The lowest BCUT2D eigenvalue weighted by atomic mass is 9.67. The van der Waals surface area contributed by atoms with Crippen molar-refractivity contribution in [3.63, 3.8) is 0 Å². The average Bonchev–Trinajstić information content (AvgIpc) is 1.78. The van der Waals surface area contributed by atoms with Crippen LogP contribution in [0.2, 0.25) is 0 Å². The third kappa shape index (κ3) is 10.5. The van der Waals surface area contributed by atoms with Gasteiger partial charge in [-0.2, -0.15) is 21.4 Å². The molecule has 0 spiro atoms. The lowest BCUT2D eigenvalue weighted by Crippen LogP contribution is -2.44. The van der Waals surface area contributed by atoms with Crippen LogP contribution >= 0.6 is 0 Å². The lowest BCUT2D eigenvalue weighted by Gasteiger charge is -2.38. The van der Waals surface area contributed by atoms with Gasteiger partial charge in [-0.15, -0.1) is 0 Å². The van der Waals surface area contributed by atoms with Crippen LogP contribution in [0.25, 0.3) is 21.5 Å². The molecule has 82 heavy (non-hydrogen) atoms. The van der Waals surface area contributed by atoms with E-state index < -0.39 is 89.8 Å². The predicted octanol–water partition coefficient (Wildman–Crippen LogP) is 12.7. The molecule has 2 heterocycles. The second kappa shape index (κ2) is 20.9. The zero-order chi connectivity index (χ0) is 60.2. The zero-order valence-electron chi connectivity index (χ0n) is 50.6. The van der Waals surface area contributed by atoms with Gasteiger partial charge in [0.15, 0.2) is 5.71 Å². The van der Waals surface area contributed by atoms with E-state index in [0.717, 1.165) is 65.4 Å². The van der Waals surface area contributed by atoms with E-state index in [1.165, 1.54) is 73.5 Å². The summed E-state index contributed by atoms with van der Waals surface area (Å²) in [4.78, 5) is 54.5. The third-order valence-electron chi connectivity index (χ3n) is 17.6. The van der Waals surface area contributed by atoms with Crippen LogP contribution in [-0.4, -0.2) is 88.1 Å². The largest absolute Gasteiger partial charge is 0.459 e. The summed E-state index contributed by atoms with van der Waals surface area (Å²) in [5.74, 6) is -2.04. The van der Waals surface area contributed by atoms with Gasteiger partial charge in [0, 0.05) is 51.3 Å². The molecule has 3 aliphatic carbocycles. The van der Waals surface area contributed by atoms with Gasteiger partial charge in [-0.1, -0.05) is 56.3 Å². The van der Waals surface area contributed by atoms with E-state index in [1.807, 2.05) is 36.4 Å². The second-order valence-corrected chi connectivity index (χ2v) is 29.6. The van der Waals surface area contributed by atoms with Gasteiger partial charge in [0.25, 0.3) is 20.2 Å². The van der Waals surface area contributed by atoms with Crippen LogP contribution in [0.4, 0.5) is 11.4 Å². The van der Waals surface area contributed by atoms with Crippen LogP contribution in [0, 0.1) is 22.7 Å². The highest BCUT2D eigenvalue weighted by atomic mass is 32.2. The fraction of sp³-hybridized carbons (Fsp3) is 0.500. The van der Waals surface area contributed by atoms with E-state index >= 15 is 0 Å². The van der Waals surface area contributed by atoms with Crippen molar-refractivity contribution in [2.45, 2.75) is 175 Å². The van der Waals surface area contributed by atoms with Crippen molar-refractivity contribution in [1.82, 2.24) is 0 Å². The Morgan fingerprint density at radius 1 is 0.610 bits per heavy atom. The minimum absolute atomic E-state index is 0.0489. The van der Waals surface area contributed by atoms with Gasteiger partial charge >= 0.3 is 11.9 Å². The lowest BCUT2D eigenvalue weighted by molar-refractivity contribution is -0.433. The molecule has 4 unspecified atom stereocenters. The molecular weight excluding hydrogens is 1080 g/mol. The molecular formula is C66H81N2O12S2+. The van der Waals surface area contributed by atoms with Crippen molar-refractivity contribution in [1.29, 1.82) is 0 Å². The SMILES string of the molecule is CCN1C(=C2C=C3C=C4C=C(C5=[N+](CC)c6ccc7c(S(=O)(=O)OCC(C)(C(C)=O)C(=O)OC(C)(C)C)cccc7c6C5(C)C)CCC4CC3CC2)C(C)(C)c2c1ccc1c(S(=O)(=O)OCC(C)(C(C)=O)C(=O)OC(C)(C)C)cccc21. The smallest absolute Gasteiger partial charge is 0.322 e. The van der Waals surface area contributed by atoms with Gasteiger partial charge in [-0.3, -0.25) is 27.5 Å². The number of allylic oxidation sites excluding steroid dienone is 8. The summed E-state index contributed by atoms with van der Waals surface area (Å²) in [6.45, 7) is 28.3. The maximum atomic E-state index is 14.2. The van der Waals surface area contributed by atoms with Crippen LogP contribution in [-0.2, 0) is 68.1 Å². The molecule has 2 aliphatic heterocycles. The Bertz CT molecular complexity index is 3800. The highest BCUT2D eigenvalue weighted by Crippen LogP contribution is 2.55. The monoisotopic (exact) mass is 1160 g/mol. The Morgan fingerprint density at radius 2 is 1.10 bits per heavy atom. The Labute approximate surface area is 484 Å². The highest BCUT2D eigenvalue weighted by molar-refractivity contribution is 7.87.